The monoisotopic (exact) mass is 211 g/mol. The first-order valence-electron chi connectivity index (χ1n) is 5.36. The number of hydrogen-bond donors (Lipinski definition) is 1. The smallest absolute Gasteiger partial charge is 0.378 e. The predicted octanol–water partition coefficient (Wildman–Crippen LogP) is 1.71. The third-order valence-electron chi connectivity index (χ3n) is 2.01. The van der Waals surface area contributed by atoms with Gasteiger partial charge in [-0.25, -0.2) is 9.78 Å². The second-order valence-electron chi connectivity index (χ2n) is 3.28. The minimum Gasteiger partial charge on any atom is -0.460 e. The van der Waals surface area contributed by atoms with Crippen LogP contribution < -0.4 is 0 Å². The van der Waals surface area contributed by atoms with E-state index >= 15 is 0 Å². The predicted molar refractivity (Wildman–Crippen MR) is 55.6 cm³/mol. The molecule has 0 fully saturated rings. The molecule has 1 N–H and O–H groups in total. The number of hydrogen-bond acceptors (Lipinski definition) is 4. The highest BCUT2D eigenvalue weighted by molar-refractivity contribution is 5.84. The molecule has 0 amide bonds. The summed E-state index contributed by atoms with van der Waals surface area (Å²) in [5.41, 5.74) is 0. The molecule has 0 bridgehead atoms. The Morgan fingerprint density at radius 2 is 2.20 bits per heavy atom. The maximum atomic E-state index is 11.2. The number of nitrogens with zero attached hydrogens (tertiary/aromatic N) is 2. The lowest BCUT2D eigenvalue weighted by atomic mass is 10.2. The maximum Gasteiger partial charge on any atom is 0.378 e. The van der Waals surface area contributed by atoms with E-state index in [1.807, 2.05) is 0 Å². The van der Waals surface area contributed by atoms with Crippen LogP contribution in [0.4, 0.5) is 0 Å². The molecule has 1 aromatic heterocycles. The zero-order valence-electron chi connectivity index (χ0n) is 9.25. The first kappa shape index (κ1) is 11.7. The van der Waals surface area contributed by atoms with Crippen LogP contribution in [0.5, 0.6) is 0 Å². The van der Waals surface area contributed by atoms with Crippen LogP contribution in [0.1, 0.15) is 49.6 Å². The molecule has 0 aliphatic carbocycles. The molecule has 0 aliphatic rings. The minimum atomic E-state index is -0.463. The van der Waals surface area contributed by atoms with E-state index < -0.39 is 5.97 Å². The highest BCUT2D eigenvalue weighted by Gasteiger charge is 2.12. The number of unbranched alkanes of at least 4 members (excludes halogenated alkanes) is 2. The van der Waals surface area contributed by atoms with Crippen molar-refractivity contribution in [1.29, 1.82) is 0 Å². The van der Waals surface area contributed by atoms with Crippen molar-refractivity contribution in [2.75, 3.05) is 6.61 Å². The summed E-state index contributed by atoms with van der Waals surface area (Å²) < 4.78 is 4.78. The molecular weight excluding hydrogens is 194 g/mol. The highest BCUT2D eigenvalue weighted by atomic mass is 16.5. The standard InChI is InChI=1S/C10H17N3O2/c1-3-5-6-7-8-11-9(13-12-8)10(14)15-4-2/h3-7H2,1-2H3,(H,11,12,13). The van der Waals surface area contributed by atoms with Gasteiger partial charge in [0.25, 0.3) is 5.82 Å². The molecule has 5 heteroatoms. The van der Waals surface area contributed by atoms with Gasteiger partial charge >= 0.3 is 5.97 Å². The zero-order chi connectivity index (χ0) is 11.1. The van der Waals surface area contributed by atoms with E-state index in [0.29, 0.717) is 6.61 Å². The molecule has 0 aromatic carbocycles. The number of aromatic amines is 1. The molecule has 0 aliphatic heterocycles. The lowest BCUT2D eigenvalue weighted by molar-refractivity contribution is 0.0512. The van der Waals surface area contributed by atoms with Gasteiger partial charge in [0.2, 0.25) is 0 Å². The van der Waals surface area contributed by atoms with E-state index in [9.17, 15) is 4.79 Å². The van der Waals surface area contributed by atoms with Gasteiger partial charge in [-0.1, -0.05) is 19.8 Å². The summed E-state index contributed by atoms with van der Waals surface area (Å²) in [6, 6.07) is 0. The number of H-pyrrole nitrogens is 1. The number of esters is 1. The van der Waals surface area contributed by atoms with Crippen LogP contribution in [0.25, 0.3) is 0 Å². The Morgan fingerprint density at radius 1 is 1.40 bits per heavy atom. The van der Waals surface area contributed by atoms with Crippen molar-refractivity contribution in [1.82, 2.24) is 15.2 Å². The maximum absolute atomic E-state index is 11.2. The number of aromatic nitrogens is 3. The number of nitrogens with one attached hydrogen (secondary N) is 1. The van der Waals surface area contributed by atoms with Gasteiger partial charge in [-0.3, -0.25) is 5.10 Å². The molecule has 1 heterocycles. The number of carbonyl (C=O) groups excluding carboxylic acids is 1. The molecule has 0 atom stereocenters. The SMILES string of the molecule is CCCCCc1nc(C(=O)OCC)n[nH]1. The number of rotatable bonds is 6. The highest BCUT2D eigenvalue weighted by Crippen LogP contribution is 2.02. The van der Waals surface area contributed by atoms with Crippen LogP contribution in [0.15, 0.2) is 0 Å². The van der Waals surface area contributed by atoms with E-state index in [2.05, 4.69) is 22.1 Å². The number of carbonyl (C=O) groups is 1. The van der Waals surface area contributed by atoms with E-state index in [4.69, 9.17) is 4.74 Å². The second-order valence-corrected chi connectivity index (χ2v) is 3.28. The van der Waals surface area contributed by atoms with Crippen LogP contribution in [0, 0.1) is 0 Å². The summed E-state index contributed by atoms with van der Waals surface area (Å²) >= 11 is 0. The van der Waals surface area contributed by atoms with E-state index in [1.165, 1.54) is 6.42 Å². The van der Waals surface area contributed by atoms with Crippen molar-refractivity contribution in [3.63, 3.8) is 0 Å². The van der Waals surface area contributed by atoms with Gasteiger partial charge in [-0.05, 0) is 13.3 Å². The third kappa shape index (κ3) is 3.69. The normalized spacial score (nSPS) is 10.3. The summed E-state index contributed by atoms with van der Waals surface area (Å²) in [5, 5.41) is 6.54. The van der Waals surface area contributed by atoms with Gasteiger partial charge < -0.3 is 4.74 Å². The topological polar surface area (TPSA) is 67.9 Å². The molecule has 0 unspecified atom stereocenters. The lowest BCUT2D eigenvalue weighted by Crippen LogP contribution is -2.06. The van der Waals surface area contributed by atoms with Crippen LogP contribution in [0.3, 0.4) is 0 Å². The summed E-state index contributed by atoms with van der Waals surface area (Å²) in [4.78, 5) is 15.3. The first-order valence-corrected chi connectivity index (χ1v) is 5.36. The fourth-order valence-corrected chi connectivity index (χ4v) is 1.24. The van der Waals surface area contributed by atoms with Gasteiger partial charge in [-0.15, -0.1) is 5.10 Å². The fraction of sp³-hybridized carbons (Fsp3) is 0.700. The zero-order valence-corrected chi connectivity index (χ0v) is 9.25. The molecule has 0 saturated heterocycles. The summed E-state index contributed by atoms with van der Waals surface area (Å²) in [6.45, 7) is 4.25. The largest absolute Gasteiger partial charge is 0.460 e. The van der Waals surface area contributed by atoms with Gasteiger partial charge in [0.1, 0.15) is 5.82 Å². The van der Waals surface area contributed by atoms with Crippen LogP contribution in [-0.4, -0.2) is 27.8 Å². The van der Waals surface area contributed by atoms with Crippen molar-refractivity contribution in [3.05, 3.63) is 11.6 Å². The van der Waals surface area contributed by atoms with Gasteiger partial charge in [0.05, 0.1) is 6.61 Å². The van der Waals surface area contributed by atoms with Gasteiger partial charge in [0.15, 0.2) is 0 Å². The Hall–Kier alpha value is -1.39. The van der Waals surface area contributed by atoms with Crippen LogP contribution >= 0.6 is 0 Å². The van der Waals surface area contributed by atoms with E-state index in [-0.39, 0.29) is 5.82 Å². The average Bonchev–Trinajstić information content (AvgIpc) is 2.67. The van der Waals surface area contributed by atoms with Crippen molar-refractivity contribution >= 4 is 5.97 Å². The molecule has 84 valence electrons. The Morgan fingerprint density at radius 3 is 2.87 bits per heavy atom. The van der Waals surface area contributed by atoms with E-state index in [1.54, 1.807) is 6.92 Å². The third-order valence-corrected chi connectivity index (χ3v) is 2.01. The molecule has 0 spiro atoms. The molecule has 0 saturated carbocycles. The van der Waals surface area contributed by atoms with Gasteiger partial charge in [0, 0.05) is 6.42 Å². The fourth-order valence-electron chi connectivity index (χ4n) is 1.24. The van der Waals surface area contributed by atoms with Crippen LogP contribution in [-0.2, 0) is 11.2 Å². The molecule has 15 heavy (non-hydrogen) atoms. The lowest BCUT2D eigenvalue weighted by Gasteiger charge is -1.95. The average molecular weight is 211 g/mol. The molecule has 5 nitrogen and oxygen atoms in total. The Kier molecular flexibility index (Phi) is 4.80. The number of aryl methyl sites for hydroxylation is 1. The van der Waals surface area contributed by atoms with Crippen molar-refractivity contribution in [2.24, 2.45) is 0 Å². The summed E-state index contributed by atoms with van der Waals surface area (Å²) in [6.07, 6.45) is 4.22. The Labute approximate surface area is 89.2 Å². The summed E-state index contributed by atoms with van der Waals surface area (Å²) in [7, 11) is 0. The molecule has 1 rings (SSSR count). The number of ether oxygens (including phenoxy) is 1. The Balaban J connectivity index is 2.45. The molecule has 1 aromatic rings. The Bertz CT molecular complexity index is 309. The van der Waals surface area contributed by atoms with Crippen molar-refractivity contribution in [2.45, 2.75) is 39.5 Å². The quantitative estimate of drug-likeness (QED) is 0.574. The first-order chi connectivity index (χ1) is 7.27. The molecular formula is C10H17N3O2. The second kappa shape index (κ2) is 6.16. The molecule has 0 radical (unpaired) electrons. The minimum absolute atomic E-state index is 0.128. The van der Waals surface area contributed by atoms with Gasteiger partial charge in [-0.2, -0.15) is 0 Å². The van der Waals surface area contributed by atoms with E-state index in [0.717, 1.165) is 25.1 Å². The van der Waals surface area contributed by atoms with Crippen LogP contribution in [0.2, 0.25) is 0 Å². The van der Waals surface area contributed by atoms with Crippen molar-refractivity contribution < 1.29 is 9.53 Å². The summed E-state index contributed by atoms with van der Waals surface area (Å²) in [5.74, 6) is 0.422. The van der Waals surface area contributed by atoms with Crippen molar-refractivity contribution in [3.8, 4) is 0 Å².